The van der Waals surface area contributed by atoms with Crippen LogP contribution in [0, 0.1) is 5.92 Å². The van der Waals surface area contributed by atoms with Crippen LogP contribution in [0.2, 0.25) is 5.28 Å². The van der Waals surface area contributed by atoms with Crippen molar-refractivity contribution < 1.29 is 4.79 Å². The molecule has 2 aromatic rings. The number of primary amides is 1. The van der Waals surface area contributed by atoms with Gasteiger partial charge in [-0.15, -0.1) is 0 Å². The number of hydrogen-bond acceptors (Lipinski definition) is 5. The second kappa shape index (κ2) is 5.24. The van der Waals surface area contributed by atoms with Gasteiger partial charge in [0.15, 0.2) is 5.65 Å². The van der Waals surface area contributed by atoms with Crippen LogP contribution < -0.4 is 11.1 Å². The summed E-state index contributed by atoms with van der Waals surface area (Å²) in [5.41, 5.74) is 5.95. The highest BCUT2D eigenvalue weighted by molar-refractivity contribution is 6.28. The molecule has 0 aromatic carbocycles. The molecule has 0 unspecified atom stereocenters. The third-order valence-corrected chi connectivity index (χ3v) is 3.92. The van der Waals surface area contributed by atoms with Crippen LogP contribution in [0.3, 0.4) is 0 Å². The SMILES string of the molecule is NC(=O)C1CCC(Nc2nc(Cl)nc3[nH]ncc23)CC1. The topological polar surface area (TPSA) is 110 Å². The number of nitrogens with zero attached hydrogens (tertiary/aromatic N) is 3. The molecule has 2 aromatic heterocycles. The molecular weight excluding hydrogens is 280 g/mol. The maximum atomic E-state index is 11.2. The maximum Gasteiger partial charge on any atom is 0.226 e. The second-order valence-electron chi connectivity index (χ2n) is 5.07. The average Bonchev–Trinajstić information content (AvgIpc) is 2.87. The Hall–Kier alpha value is -1.89. The molecule has 0 atom stereocenters. The van der Waals surface area contributed by atoms with Crippen molar-refractivity contribution in [3.63, 3.8) is 0 Å². The number of fused-ring (bicyclic) bond motifs is 1. The number of halogens is 1. The van der Waals surface area contributed by atoms with E-state index in [1.54, 1.807) is 6.20 Å². The number of aromatic amines is 1. The van der Waals surface area contributed by atoms with Crippen molar-refractivity contribution in [2.45, 2.75) is 31.7 Å². The smallest absolute Gasteiger partial charge is 0.226 e. The molecule has 0 aliphatic heterocycles. The number of carbonyl (C=O) groups excluding carboxylic acids is 1. The van der Waals surface area contributed by atoms with E-state index in [4.69, 9.17) is 17.3 Å². The molecule has 3 rings (SSSR count). The first kappa shape index (κ1) is 13.1. The highest BCUT2D eigenvalue weighted by atomic mass is 35.5. The minimum atomic E-state index is -0.203. The first-order valence-corrected chi connectivity index (χ1v) is 6.93. The van der Waals surface area contributed by atoms with E-state index >= 15 is 0 Å². The molecular formula is C12H15ClN6O. The molecule has 1 saturated carbocycles. The van der Waals surface area contributed by atoms with E-state index in [2.05, 4.69) is 25.5 Å². The number of H-pyrrole nitrogens is 1. The fraction of sp³-hybridized carbons (Fsp3) is 0.500. The van der Waals surface area contributed by atoms with Crippen LogP contribution in [0.5, 0.6) is 0 Å². The number of anilines is 1. The van der Waals surface area contributed by atoms with Crippen LogP contribution in [0.25, 0.3) is 11.0 Å². The number of amides is 1. The highest BCUT2D eigenvalue weighted by Crippen LogP contribution is 2.28. The van der Waals surface area contributed by atoms with Crippen LogP contribution in [0.4, 0.5) is 5.82 Å². The van der Waals surface area contributed by atoms with Gasteiger partial charge >= 0.3 is 0 Å². The van der Waals surface area contributed by atoms with Gasteiger partial charge in [0.25, 0.3) is 0 Å². The monoisotopic (exact) mass is 294 g/mol. The maximum absolute atomic E-state index is 11.2. The summed E-state index contributed by atoms with van der Waals surface area (Å²) in [5.74, 6) is 0.470. The molecule has 106 valence electrons. The largest absolute Gasteiger partial charge is 0.369 e. The van der Waals surface area contributed by atoms with E-state index in [1.807, 2.05) is 0 Å². The Bertz CT molecular complexity index is 634. The van der Waals surface area contributed by atoms with Crippen LogP contribution in [0.15, 0.2) is 6.20 Å². The van der Waals surface area contributed by atoms with Gasteiger partial charge in [0.1, 0.15) is 5.82 Å². The Morgan fingerprint density at radius 3 is 2.80 bits per heavy atom. The number of nitrogens with two attached hydrogens (primary N) is 1. The Morgan fingerprint density at radius 1 is 1.35 bits per heavy atom. The summed E-state index contributed by atoms with van der Waals surface area (Å²) in [6, 6.07) is 0.259. The molecule has 8 heteroatoms. The molecule has 0 radical (unpaired) electrons. The molecule has 1 aliphatic carbocycles. The summed E-state index contributed by atoms with van der Waals surface area (Å²) in [5, 5.41) is 11.1. The van der Waals surface area contributed by atoms with Crippen molar-refractivity contribution in [3.8, 4) is 0 Å². The van der Waals surface area contributed by atoms with Gasteiger partial charge in [0, 0.05) is 12.0 Å². The van der Waals surface area contributed by atoms with Crippen LogP contribution in [0.1, 0.15) is 25.7 Å². The molecule has 2 heterocycles. The lowest BCUT2D eigenvalue weighted by atomic mass is 9.85. The summed E-state index contributed by atoms with van der Waals surface area (Å²) in [6.45, 7) is 0. The van der Waals surface area contributed by atoms with E-state index in [0.717, 1.165) is 31.1 Å². The van der Waals surface area contributed by atoms with Gasteiger partial charge in [-0.05, 0) is 37.3 Å². The fourth-order valence-corrected chi connectivity index (χ4v) is 2.80. The zero-order valence-electron chi connectivity index (χ0n) is 10.8. The average molecular weight is 295 g/mol. The summed E-state index contributed by atoms with van der Waals surface area (Å²) in [6.07, 6.45) is 5.05. The zero-order chi connectivity index (χ0) is 14.1. The molecule has 20 heavy (non-hydrogen) atoms. The molecule has 7 nitrogen and oxygen atoms in total. The number of hydrogen-bond donors (Lipinski definition) is 3. The van der Waals surface area contributed by atoms with Crippen molar-refractivity contribution in [2.75, 3.05) is 5.32 Å². The van der Waals surface area contributed by atoms with Gasteiger partial charge in [-0.1, -0.05) is 0 Å². The number of carbonyl (C=O) groups is 1. The Labute approximate surface area is 120 Å². The lowest BCUT2D eigenvalue weighted by molar-refractivity contribution is -0.122. The summed E-state index contributed by atoms with van der Waals surface area (Å²) < 4.78 is 0. The van der Waals surface area contributed by atoms with E-state index < -0.39 is 0 Å². The molecule has 4 N–H and O–H groups in total. The second-order valence-corrected chi connectivity index (χ2v) is 5.41. The van der Waals surface area contributed by atoms with Gasteiger partial charge in [0.05, 0.1) is 11.6 Å². The van der Waals surface area contributed by atoms with E-state index in [-0.39, 0.29) is 23.2 Å². The number of rotatable bonds is 3. The van der Waals surface area contributed by atoms with E-state index in [9.17, 15) is 4.79 Å². The van der Waals surface area contributed by atoms with Crippen LogP contribution >= 0.6 is 11.6 Å². The third kappa shape index (κ3) is 2.53. The lowest BCUT2D eigenvalue weighted by Gasteiger charge is -2.27. The normalized spacial score (nSPS) is 22.9. The Morgan fingerprint density at radius 2 is 2.10 bits per heavy atom. The lowest BCUT2D eigenvalue weighted by Crippen LogP contribution is -2.32. The summed E-state index contributed by atoms with van der Waals surface area (Å²) in [4.78, 5) is 19.4. The Balaban J connectivity index is 1.74. The standard InChI is InChI=1S/C12H15ClN6O/c13-12-17-10(8-5-15-19-11(8)18-12)16-7-3-1-6(2-4-7)9(14)20/h5-7H,1-4H2,(H2,14,20)(H2,15,16,17,18,19). The minimum absolute atomic E-state index is 0.00372. The number of aromatic nitrogens is 4. The van der Waals surface area contributed by atoms with Crippen molar-refractivity contribution in [2.24, 2.45) is 11.7 Å². The van der Waals surface area contributed by atoms with Crippen molar-refractivity contribution in [1.82, 2.24) is 20.2 Å². The highest BCUT2D eigenvalue weighted by Gasteiger charge is 2.25. The summed E-state index contributed by atoms with van der Waals surface area (Å²) >= 11 is 5.89. The first-order chi connectivity index (χ1) is 9.63. The summed E-state index contributed by atoms with van der Waals surface area (Å²) in [7, 11) is 0. The van der Waals surface area contributed by atoms with Gasteiger partial charge in [-0.25, -0.2) is 0 Å². The van der Waals surface area contributed by atoms with Crippen LogP contribution in [-0.2, 0) is 4.79 Å². The molecule has 1 aliphatic rings. The van der Waals surface area contributed by atoms with Crippen molar-refractivity contribution in [3.05, 3.63) is 11.5 Å². The van der Waals surface area contributed by atoms with Gasteiger partial charge in [-0.3, -0.25) is 9.89 Å². The minimum Gasteiger partial charge on any atom is -0.369 e. The van der Waals surface area contributed by atoms with Gasteiger partial charge in [0.2, 0.25) is 11.2 Å². The van der Waals surface area contributed by atoms with Crippen molar-refractivity contribution in [1.29, 1.82) is 0 Å². The molecule has 0 saturated heterocycles. The molecule has 0 bridgehead atoms. The van der Waals surface area contributed by atoms with E-state index in [1.165, 1.54) is 0 Å². The number of nitrogens with one attached hydrogen (secondary N) is 2. The fourth-order valence-electron chi connectivity index (χ4n) is 2.63. The first-order valence-electron chi connectivity index (χ1n) is 6.56. The molecule has 1 amide bonds. The molecule has 0 spiro atoms. The zero-order valence-corrected chi connectivity index (χ0v) is 11.5. The molecule has 1 fully saturated rings. The van der Waals surface area contributed by atoms with Crippen molar-refractivity contribution >= 4 is 34.4 Å². The predicted molar refractivity (Wildman–Crippen MR) is 75.3 cm³/mol. The Kier molecular flexibility index (Phi) is 3.43. The quantitative estimate of drug-likeness (QED) is 0.742. The van der Waals surface area contributed by atoms with Crippen LogP contribution in [-0.4, -0.2) is 32.1 Å². The van der Waals surface area contributed by atoms with Gasteiger partial charge in [-0.2, -0.15) is 15.1 Å². The predicted octanol–water partition coefficient (Wildman–Crippen LogP) is 1.46. The van der Waals surface area contributed by atoms with Gasteiger partial charge < -0.3 is 11.1 Å². The van der Waals surface area contributed by atoms with E-state index in [0.29, 0.717) is 11.5 Å². The third-order valence-electron chi connectivity index (χ3n) is 3.75.